The van der Waals surface area contributed by atoms with E-state index < -0.39 is 0 Å². The van der Waals surface area contributed by atoms with Crippen molar-refractivity contribution < 1.29 is 0 Å². The minimum atomic E-state index is 0.268. The lowest BCUT2D eigenvalue weighted by molar-refractivity contribution is 0.596. The number of hydrogen-bond donors (Lipinski definition) is 1. The van der Waals surface area contributed by atoms with Gasteiger partial charge in [0, 0.05) is 4.47 Å². The highest BCUT2D eigenvalue weighted by molar-refractivity contribution is 9.10. The third kappa shape index (κ3) is 4.18. The van der Waals surface area contributed by atoms with Gasteiger partial charge in [-0.15, -0.1) is 0 Å². The summed E-state index contributed by atoms with van der Waals surface area (Å²) >= 11 is 3.56. The van der Waals surface area contributed by atoms with E-state index >= 15 is 0 Å². The van der Waals surface area contributed by atoms with Crippen LogP contribution in [0.25, 0.3) is 0 Å². The van der Waals surface area contributed by atoms with E-state index in [-0.39, 0.29) is 6.04 Å². The molecule has 2 heteroatoms. The zero-order valence-electron chi connectivity index (χ0n) is 13.1. The number of hydrogen-bond acceptors (Lipinski definition) is 1. The van der Waals surface area contributed by atoms with Crippen molar-refractivity contribution in [2.75, 3.05) is 6.54 Å². The van der Waals surface area contributed by atoms with Gasteiger partial charge in [0.2, 0.25) is 0 Å². The zero-order chi connectivity index (χ0) is 15.2. The predicted octanol–water partition coefficient (Wildman–Crippen LogP) is 5.41. The zero-order valence-corrected chi connectivity index (χ0v) is 14.7. The molecule has 0 saturated heterocycles. The van der Waals surface area contributed by atoms with Crippen LogP contribution in [0.15, 0.2) is 46.9 Å². The normalized spacial score (nSPS) is 12.4. The van der Waals surface area contributed by atoms with E-state index in [9.17, 15) is 0 Å². The largest absolute Gasteiger partial charge is 0.306 e. The molecule has 0 bridgehead atoms. The highest BCUT2D eigenvalue weighted by atomic mass is 79.9. The SMILES string of the molecule is CCCNC(c1cccc(CC)c1)c1ccc(Br)cc1C. The summed E-state index contributed by atoms with van der Waals surface area (Å²) in [6.45, 7) is 7.63. The number of benzene rings is 2. The van der Waals surface area contributed by atoms with Gasteiger partial charge in [-0.1, -0.05) is 60.1 Å². The third-order valence-corrected chi connectivity index (χ3v) is 4.33. The van der Waals surface area contributed by atoms with Crippen molar-refractivity contribution in [2.24, 2.45) is 0 Å². The van der Waals surface area contributed by atoms with Gasteiger partial charge in [0.05, 0.1) is 6.04 Å². The fraction of sp³-hybridized carbons (Fsp3) is 0.368. The molecule has 2 aromatic carbocycles. The quantitative estimate of drug-likeness (QED) is 0.737. The highest BCUT2D eigenvalue weighted by Gasteiger charge is 2.15. The summed E-state index contributed by atoms with van der Waals surface area (Å²) in [5, 5.41) is 3.70. The van der Waals surface area contributed by atoms with Gasteiger partial charge in [-0.25, -0.2) is 0 Å². The maximum atomic E-state index is 3.70. The van der Waals surface area contributed by atoms with E-state index in [1.807, 2.05) is 0 Å². The second-order valence-corrected chi connectivity index (χ2v) is 6.40. The Morgan fingerprint density at radius 1 is 1.10 bits per heavy atom. The fourth-order valence-electron chi connectivity index (χ4n) is 2.65. The van der Waals surface area contributed by atoms with Crippen LogP contribution in [-0.4, -0.2) is 6.54 Å². The van der Waals surface area contributed by atoms with Gasteiger partial charge in [-0.05, 0) is 60.7 Å². The predicted molar refractivity (Wildman–Crippen MR) is 94.8 cm³/mol. The minimum absolute atomic E-state index is 0.268. The molecule has 0 aliphatic carbocycles. The summed E-state index contributed by atoms with van der Waals surface area (Å²) in [6.07, 6.45) is 2.22. The Morgan fingerprint density at radius 3 is 2.57 bits per heavy atom. The molecule has 0 spiro atoms. The van der Waals surface area contributed by atoms with Gasteiger partial charge in [-0.2, -0.15) is 0 Å². The second kappa shape index (κ2) is 7.77. The Morgan fingerprint density at radius 2 is 1.90 bits per heavy atom. The molecule has 0 saturated carbocycles. The monoisotopic (exact) mass is 345 g/mol. The summed E-state index contributed by atoms with van der Waals surface area (Å²) in [5.41, 5.74) is 5.43. The molecule has 0 amide bonds. The van der Waals surface area contributed by atoms with Crippen molar-refractivity contribution >= 4 is 15.9 Å². The molecule has 2 aromatic rings. The fourth-order valence-corrected chi connectivity index (χ4v) is 3.13. The van der Waals surface area contributed by atoms with Crippen LogP contribution < -0.4 is 5.32 Å². The van der Waals surface area contributed by atoms with Crippen molar-refractivity contribution in [3.8, 4) is 0 Å². The van der Waals surface area contributed by atoms with E-state index in [1.54, 1.807) is 0 Å². The van der Waals surface area contributed by atoms with Gasteiger partial charge >= 0.3 is 0 Å². The van der Waals surface area contributed by atoms with E-state index in [4.69, 9.17) is 0 Å². The lowest BCUT2D eigenvalue weighted by atomic mass is 9.93. The molecule has 1 unspecified atom stereocenters. The molecule has 0 aliphatic rings. The average Bonchev–Trinajstić information content (AvgIpc) is 2.49. The number of nitrogens with one attached hydrogen (secondary N) is 1. The van der Waals surface area contributed by atoms with Crippen molar-refractivity contribution in [1.82, 2.24) is 5.32 Å². The summed E-state index contributed by atoms with van der Waals surface area (Å²) < 4.78 is 1.14. The van der Waals surface area contributed by atoms with E-state index in [2.05, 4.69) is 84.5 Å². The molecule has 1 N–H and O–H groups in total. The van der Waals surface area contributed by atoms with Crippen molar-refractivity contribution in [1.29, 1.82) is 0 Å². The first-order valence-corrected chi connectivity index (χ1v) is 8.53. The molecular weight excluding hydrogens is 322 g/mol. The van der Waals surface area contributed by atoms with Crippen LogP contribution in [0.1, 0.15) is 48.6 Å². The topological polar surface area (TPSA) is 12.0 Å². The molecule has 2 rings (SSSR count). The summed E-state index contributed by atoms with van der Waals surface area (Å²) in [7, 11) is 0. The molecule has 0 aromatic heterocycles. The van der Waals surface area contributed by atoms with Crippen molar-refractivity contribution in [3.05, 3.63) is 69.2 Å². The van der Waals surface area contributed by atoms with Crippen molar-refractivity contribution in [2.45, 2.75) is 39.7 Å². The summed E-state index contributed by atoms with van der Waals surface area (Å²) in [5.74, 6) is 0. The molecule has 1 atom stereocenters. The van der Waals surface area contributed by atoms with Crippen molar-refractivity contribution in [3.63, 3.8) is 0 Å². The standard InChI is InChI=1S/C19H24BrN/c1-4-11-21-19(16-8-6-7-15(5-2)13-16)18-10-9-17(20)12-14(18)3/h6-10,12-13,19,21H,4-5,11H2,1-3H3. The molecular formula is C19H24BrN. The van der Waals surface area contributed by atoms with Crippen LogP contribution in [0.4, 0.5) is 0 Å². The first-order chi connectivity index (χ1) is 10.2. The third-order valence-electron chi connectivity index (χ3n) is 3.83. The Hall–Kier alpha value is -1.12. The van der Waals surface area contributed by atoms with Gasteiger partial charge in [-0.3, -0.25) is 0 Å². The first-order valence-electron chi connectivity index (χ1n) is 7.74. The molecule has 0 fully saturated rings. The summed E-state index contributed by atoms with van der Waals surface area (Å²) in [6, 6.07) is 15.8. The number of aryl methyl sites for hydroxylation is 2. The van der Waals surface area contributed by atoms with Crippen LogP contribution in [0.2, 0.25) is 0 Å². The number of halogens is 1. The number of rotatable bonds is 6. The Balaban J connectivity index is 2.41. The molecule has 21 heavy (non-hydrogen) atoms. The molecule has 0 aliphatic heterocycles. The van der Waals surface area contributed by atoms with Gasteiger partial charge in [0.25, 0.3) is 0 Å². The first kappa shape index (κ1) is 16.3. The van der Waals surface area contributed by atoms with Crippen LogP contribution in [-0.2, 0) is 6.42 Å². The highest BCUT2D eigenvalue weighted by Crippen LogP contribution is 2.27. The van der Waals surface area contributed by atoms with Crippen LogP contribution >= 0.6 is 15.9 Å². The molecule has 112 valence electrons. The van der Waals surface area contributed by atoms with Gasteiger partial charge in [0.1, 0.15) is 0 Å². The maximum absolute atomic E-state index is 3.70. The maximum Gasteiger partial charge on any atom is 0.0579 e. The summed E-state index contributed by atoms with van der Waals surface area (Å²) in [4.78, 5) is 0. The molecule has 0 radical (unpaired) electrons. The van der Waals surface area contributed by atoms with E-state index in [1.165, 1.54) is 22.3 Å². The Labute approximate surface area is 136 Å². The Bertz CT molecular complexity index is 592. The minimum Gasteiger partial charge on any atom is -0.306 e. The molecule has 1 nitrogen and oxygen atoms in total. The second-order valence-electron chi connectivity index (χ2n) is 5.49. The lowest BCUT2D eigenvalue weighted by Gasteiger charge is -2.22. The van der Waals surface area contributed by atoms with Crippen LogP contribution in [0.3, 0.4) is 0 Å². The average molecular weight is 346 g/mol. The van der Waals surface area contributed by atoms with Gasteiger partial charge in [0.15, 0.2) is 0 Å². The van der Waals surface area contributed by atoms with E-state index in [0.717, 1.165) is 23.9 Å². The van der Waals surface area contributed by atoms with Crippen LogP contribution in [0.5, 0.6) is 0 Å². The Kier molecular flexibility index (Phi) is 6.01. The lowest BCUT2D eigenvalue weighted by Crippen LogP contribution is -2.24. The van der Waals surface area contributed by atoms with E-state index in [0.29, 0.717) is 0 Å². The smallest absolute Gasteiger partial charge is 0.0579 e. The van der Waals surface area contributed by atoms with Gasteiger partial charge < -0.3 is 5.32 Å². The molecule has 0 heterocycles. The van der Waals surface area contributed by atoms with Crippen LogP contribution in [0, 0.1) is 6.92 Å².